The Labute approximate surface area is 129 Å². The number of amides is 1. The summed E-state index contributed by atoms with van der Waals surface area (Å²) >= 11 is 0. The Morgan fingerprint density at radius 2 is 1.74 bits per heavy atom. The fraction of sp³-hybridized carbons (Fsp3) is 0. The molecule has 0 aliphatic heterocycles. The highest BCUT2D eigenvalue weighted by Crippen LogP contribution is 2.24. The second kappa shape index (κ2) is 6.48. The lowest BCUT2D eigenvalue weighted by molar-refractivity contribution is -0.268. The molecular weight excluding hydrogens is 304 g/mol. The Hall–Kier alpha value is -3.55. The zero-order chi connectivity index (χ0) is 17.0. The van der Waals surface area contributed by atoms with Gasteiger partial charge in [-0.05, 0) is 35.9 Å². The molecule has 0 atom stereocenters. The number of benzene rings is 2. The maximum atomic E-state index is 11.8. The second-order valence-corrected chi connectivity index (χ2v) is 4.46. The van der Waals surface area contributed by atoms with E-state index in [0.29, 0.717) is 0 Å². The topological polar surface area (TPSA) is 142 Å². The van der Waals surface area contributed by atoms with Gasteiger partial charge in [0.2, 0.25) is 0 Å². The number of hydrazone groups is 1. The van der Waals surface area contributed by atoms with Crippen LogP contribution in [0.2, 0.25) is 0 Å². The molecule has 0 bridgehead atoms. The van der Waals surface area contributed by atoms with Gasteiger partial charge >= 0.3 is 5.97 Å². The van der Waals surface area contributed by atoms with Gasteiger partial charge in [0.25, 0.3) is 5.91 Å². The van der Waals surface area contributed by atoms with Gasteiger partial charge in [-0.1, -0.05) is 11.8 Å². The molecule has 118 valence electrons. The standard InChI is InChI=1S/C15H12N2O6/c18-11-3-2-9(15(22)23)5-10(11)7-16-17-14(21)8-1-4-12(19)13(20)6-8/h1-7,18-20H,(H,17,21)(H,22,23)/p-1/b16-7+. The van der Waals surface area contributed by atoms with Crippen LogP contribution in [0.4, 0.5) is 0 Å². The minimum Gasteiger partial charge on any atom is -0.872 e. The third kappa shape index (κ3) is 3.76. The molecule has 4 N–H and O–H groups in total. The van der Waals surface area contributed by atoms with Gasteiger partial charge < -0.3 is 20.4 Å². The van der Waals surface area contributed by atoms with Crippen molar-refractivity contribution < 1.29 is 30.0 Å². The van der Waals surface area contributed by atoms with Crippen LogP contribution >= 0.6 is 0 Å². The summed E-state index contributed by atoms with van der Waals surface area (Å²) in [6.45, 7) is 0. The van der Waals surface area contributed by atoms with Crippen molar-refractivity contribution in [3.63, 3.8) is 0 Å². The highest BCUT2D eigenvalue weighted by atomic mass is 16.4. The monoisotopic (exact) mass is 315 g/mol. The van der Waals surface area contributed by atoms with Gasteiger partial charge in [-0.15, -0.1) is 0 Å². The van der Waals surface area contributed by atoms with Crippen molar-refractivity contribution in [2.45, 2.75) is 0 Å². The molecule has 2 rings (SSSR count). The number of aromatic carboxylic acids is 1. The van der Waals surface area contributed by atoms with E-state index in [1.54, 1.807) is 0 Å². The number of phenolic OH excluding ortho intramolecular Hbond substituents is 2. The average Bonchev–Trinajstić information content (AvgIpc) is 2.51. The van der Waals surface area contributed by atoms with Crippen LogP contribution in [0, 0.1) is 0 Å². The summed E-state index contributed by atoms with van der Waals surface area (Å²) in [4.78, 5) is 22.6. The van der Waals surface area contributed by atoms with Crippen LogP contribution in [-0.4, -0.2) is 33.4 Å². The molecule has 0 heterocycles. The first kappa shape index (κ1) is 15.8. The first-order valence-corrected chi connectivity index (χ1v) is 6.28. The molecular formula is C15H11N2O6-. The number of carboxylic acids is 1. The quantitative estimate of drug-likeness (QED) is 0.370. The third-order valence-corrected chi connectivity index (χ3v) is 2.86. The molecule has 8 nitrogen and oxygen atoms in total. The molecule has 0 aromatic heterocycles. The van der Waals surface area contributed by atoms with E-state index >= 15 is 0 Å². The summed E-state index contributed by atoms with van der Waals surface area (Å²) < 4.78 is 0. The molecule has 0 saturated carbocycles. The Bertz CT molecular complexity index is 801. The van der Waals surface area contributed by atoms with Gasteiger partial charge in [-0.2, -0.15) is 5.10 Å². The van der Waals surface area contributed by atoms with E-state index in [4.69, 9.17) is 10.2 Å². The first-order chi connectivity index (χ1) is 10.9. The van der Waals surface area contributed by atoms with Gasteiger partial charge in [0.15, 0.2) is 11.5 Å². The lowest BCUT2D eigenvalue weighted by Gasteiger charge is -2.10. The minimum atomic E-state index is -1.19. The van der Waals surface area contributed by atoms with Gasteiger partial charge in [0.05, 0.1) is 11.8 Å². The first-order valence-electron chi connectivity index (χ1n) is 6.28. The van der Waals surface area contributed by atoms with Gasteiger partial charge in [0, 0.05) is 5.56 Å². The zero-order valence-corrected chi connectivity index (χ0v) is 11.6. The fourth-order valence-electron chi connectivity index (χ4n) is 1.67. The number of nitrogens with one attached hydrogen (secondary N) is 1. The zero-order valence-electron chi connectivity index (χ0n) is 11.6. The Balaban J connectivity index is 2.12. The average molecular weight is 315 g/mol. The lowest BCUT2D eigenvalue weighted by Crippen LogP contribution is -2.17. The smallest absolute Gasteiger partial charge is 0.335 e. The van der Waals surface area contributed by atoms with Crippen molar-refractivity contribution in [2.75, 3.05) is 0 Å². The van der Waals surface area contributed by atoms with E-state index < -0.39 is 23.4 Å². The van der Waals surface area contributed by atoms with E-state index in [1.165, 1.54) is 12.1 Å². The number of rotatable bonds is 4. The molecule has 0 aliphatic rings. The minimum absolute atomic E-state index is 0.00115. The van der Waals surface area contributed by atoms with E-state index in [-0.39, 0.29) is 22.4 Å². The summed E-state index contributed by atoms with van der Waals surface area (Å²) in [5, 5.41) is 42.4. The molecule has 0 unspecified atom stereocenters. The van der Waals surface area contributed by atoms with Crippen LogP contribution in [-0.2, 0) is 0 Å². The van der Waals surface area contributed by atoms with Crippen molar-refractivity contribution in [3.8, 4) is 17.2 Å². The highest BCUT2D eigenvalue weighted by molar-refractivity contribution is 5.96. The van der Waals surface area contributed by atoms with Crippen LogP contribution in [0.5, 0.6) is 17.2 Å². The maximum Gasteiger partial charge on any atom is 0.335 e. The summed E-state index contributed by atoms with van der Waals surface area (Å²) in [7, 11) is 0. The van der Waals surface area contributed by atoms with Crippen molar-refractivity contribution in [1.29, 1.82) is 0 Å². The molecule has 0 spiro atoms. The number of carbonyl (C=O) groups excluding carboxylic acids is 1. The Morgan fingerprint density at radius 3 is 2.39 bits per heavy atom. The van der Waals surface area contributed by atoms with E-state index in [0.717, 1.165) is 30.5 Å². The molecule has 0 radical (unpaired) electrons. The van der Waals surface area contributed by atoms with Crippen LogP contribution in [0.3, 0.4) is 0 Å². The number of hydrogen-bond donors (Lipinski definition) is 4. The fourth-order valence-corrected chi connectivity index (χ4v) is 1.67. The highest BCUT2D eigenvalue weighted by Gasteiger charge is 2.08. The number of carbonyl (C=O) groups is 2. The molecule has 23 heavy (non-hydrogen) atoms. The van der Waals surface area contributed by atoms with Crippen LogP contribution in [0.25, 0.3) is 0 Å². The number of phenols is 2. The molecule has 2 aromatic carbocycles. The maximum absolute atomic E-state index is 11.8. The van der Waals surface area contributed by atoms with Gasteiger partial charge in [0.1, 0.15) is 0 Å². The van der Waals surface area contributed by atoms with Gasteiger partial charge in [-0.25, -0.2) is 10.2 Å². The summed E-state index contributed by atoms with van der Waals surface area (Å²) in [6.07, 6.45) is 1.02. The van der Waals surface area contributed by atoms with E-state index in [1.807, 2.05) is 0 Å². The lowest BCUT2D eigenvalue weighted by atomic mass is 10.1. The normalized spacial score (nSPS) is 10.6. The summed E-state index contributed by atoms with van der Waals surface area (Å²) in [5.74, 6) is -3.15. The summed E-state index contributed by atoms with van der Waals surface area (Å²) in [6, 6.07) is 6.84. The summed E-state index contributed by atoms with van der Waals surface area (Å²) in [5.41, 5.74) is 2.08. The predicted octanol–water partition coefficient (Wildman–Crippen LogP) is 0.633. The van der Waals surface area contributed by atoms with Crippen LogP contribution < -0.4 is 10.5 Å². The number of carboxylic acid groups (broad SMARTS) is 1. The number of aromatic hydroxyl groups is 2. The van der Waals surface area contributed by atoms with Crippen LogP contribution in [0.15, 0.2) is 41.5 Å². The molecule has 8 heteroatoms. The largest absolute Gasteiger partial charge is 0.872 e. The van der Waals surface area contributed by atoms with E-state index in [2.05, 4.69) is 10.5 Å². The number of hydrogen-bond acceptors (Lipinski definition) is 6. The molecule has 1 amide bonds. The van der Waals surface area contributed by atoms with Crippen molar-refractivity contribution in [2.24, 2.45) is 5.10 Å². The van der Waals surface area contributed by atoms with Crippen molar-refractivity contribution in [3.05, 3.63) is 53.1 Å². The third-order valence-electron chi connectivity index (χ3n) is 2.86. The molecule has 0 aliphatic carbocycles. The number of nitrogens with zero attached hydrogens (tertiary/aromatic N) is 1. The van der Waals surface area contributed by atoms with Crippen LogP contribution in [0.1, 0.15) is 26.3 Å². The molecule has 0 saturated heterocycles. The Kier molecular flexibility index (Phi) is 4.46. The second-order valence-electron chi connectivity index (χ2n) is 4.46. The van der Waals surface area contributed by atoms with Crippen molar-refractivity contribution in [1.82, 2.24) is 5.43 Å². The molecule has 2 aromatic rings. The predicted molar refractivity (Wildman–Crippen MR) is 77.7 cm³/mol. The van der Waals surface area contributed by atoms with Gasteiger partial charge in [-0.3, -0.25) is 4.79 Å². The van der Waals surface area contributed by atoms with Crippen molar-refractivity contribution >= 4 is 18.1 Å². The Morgan fingerprint density at radius 1 is 1.04 bits per heavy atom. The van der Waals surface area contributed by atoms with E-state index in [9.17, 15) is 19.8 Å². The molecule has 0 fully saturated rings. The SMILES string of the molecule is O=C(O)c1ccc([O-])c(/C=N/NC(=O)c2ccc(O)c(O)c2)c1.